The smallest absolute Gasteiger partial charge is 0.116 e. The zero-order valence-electron chi connectivity index (χ0n) is 10.1. The van der Waals surface area contributed by atoms with E-state index in [2.05, 4.69) is 17.1 Å². The number of aryl methyl sites for hydroxylation is 1. The number of hydrogen-bond donors (Lipinski definition) is 1. The molecule has 2 heteroatoms. The number of nitrogens with zero attached hydrogens (tertiary/aromatic N) is 1. The molecular formula is C16H13NO. The van der Waals surface area contributed by atoms with Gasteiger partial charge in [0.05, 0.1) is 5.69 Å². The number of pyridine rings is 1. The van der Waals surface area contributed by atoms with Gasteiger partial charge in [-0.2, -0.15) is 0 Å². The van der Waals surface area contributed by atoms with E-state index in [0.29, 0.717) is 5.75 Å². The van der Waals surface area contributed by atoms with Crippen LogP contribution < -0.4 is 0 Å². The van der Waals surface area contributed by atoms with E-state index in [4.69, 9.17) is 0 Å². The number of fused-ring (bicyclic) bond motifs is 1. The highest BCUT2D eigenvalue weighted by Gasteiger charge is 2.01. The number of phenolic OH excluding ortho intramolecular Hbond substituents is 1. The van der Waals surface area contributed by atoms with Crippen LogP contribution >= 0.6 is 0 Å². The lowest BCUT2D eigenvalue weighted by Gasteiger charge is -2.04. The zero-order chi connectivity index (χ0) is 12.5. The van der Waals surface area contributed by atoms with Crippen LogP contribution in [0, 0.1) is 6.92 Å². The van der Waals surface area contributed by atoms with Crippen LogP contribution in [0.1, 0.15) is 5.56 Å². The summed E-state index contributed by atoms with van der Waals surface area (Å²) in [5, 5.41) is 11.6. The van der Waals surface area contributed by atoms with Crippen molar-refractivity contribution in [2.45, 2.75) is 6.92 Å². The third-order valence-corrected chi connectivity index (χ3v) is 3.03. The van der Waals surface area contributed by atoms with Crippen molar-refractivity contribution in [1.82, 2.24) is 4.98 Å². The molecule has 18 heavy (non-hydrogen) atoms. The monoisotopic (exact) mass is 235 g/mol. The Morgan fingerprint density at radius 3 is 2.44 bits per heavy atom. The summed E-state index contributed by atoms with van der Waals surface area (Å²) in [6.45, 7) is 2.03. The largest absolute Gasteiger partial charge is 0.508 e. The molecule has 0 atom stereocenters. The molecule has 0 aliphatic carbocycles. The van der Waals surface area contributed by atoms with Crippen LogP contribution in [0.5, 0.6) is 5.75 Å². The maximum Gasteiger partial charge on any atom is 0.116 e. The SMILES string of the molecule is Cc1ccc(-c2ccc3cc(O)ccc3c2)nc1. The molecule has 0 unspecified atom stereocenters. The number of aromatic nitrogens is 1. The Kier molecular flexibility index (Phi) is 2.49. The molecule has 1 aromatic heterocycles. The van der Waals surface area contributed by atoms with Gasteiger partial charge in [-0.15, -0.1) is 0 Å². The van der Waals surface area contributed by atoms with E-state index in [0.717, 1.165) is 27.6 Å². The van der Waals surface area contributed by atoms with Crippen LogP contribution in [0.25, 0.3) is 22.0 Å². The molecule has 2 aromatic carbocycles. The molecule has 1 heterocycles. The molecule has 3 aromatic rings. The normalized spacial score (nSPS) is 10.7. The topological polar surface area (TPSA) is 33.1 Å². The first-order chi connectivity index (χ1) is 8.72. The van der Waals surface area contributed by atoms with Gasteiger partial charge in [0.15, 0.2) is 0 Å². The minimum Gasteiger partial charge on any atom is -0.508 e. The lowest BCUT2D eigenvalue weighted by Crippen LogP contribution is -1.84. The maximum atomic E-state index is 9.43. The molecule has 0 fully saturated rings. The summed E-state index contributed by atoms with van der Waals surface area (Å²) < 4.78 is 0. The van der Waals surface area contributed by atoms with Crippen molar-refractivity contribution in [1.29, 1.82) is 0 Å². The minimum atomic E-state index is 0.295. The Balaban J connectivity index is 2.13. The van der Waals surface area contributed by atoms with Gasteiger partial charge in [-0.1, -0.05) is 24.3 Å². The predicted octanol–water partition coefficient (Wildman–Crippen LogP) is 3.92. The van der Waals surface area contributed by atoms with Gasteiger partial charge < -0.3 is 5.11 Å². The second-order valence-electron chi connectivity index (χ2n) is 4.47. The van der Waals surface area contributed by atoms with Gasteiger partial charge in [-0.25, -0.2) is 0 Å². The summed E-state index contributed by atoms with van der Waals surface area (Å²) >= 11 is 0. The van der Waals surface area contributed by atoms with E-state index in [1.165, 1.54) is 0 Å². The first-order valence-corrected chi connectivity index (χ1v) is 5.88. The zero-order valence-corrected chi connectivity index (χ0v) is 10.1. The molecule has 0 bridgehead atoms. The van der Waals surface area contributed by atoms with Crippen molar-refractivity contribution in [3.05, 3.63) is 60.3 Å². The van der Waals surface area contributed by atoms with Crippen LogP contribution in [0.4, 0.5) is 0 Å². The molecule has 88 valence electrons. The standard InChI is InChI=1S/C16H13NO/c1-11-2-7-16(17-10-11)14-4-3-13-9-15(18)6-5-12(13)8-14/h2-10,18H,1H3. The fourth-order valence-electron chi connectivity index (χ4n) is 2.03. The average Bonchev–Trinajstić information content (AvgIpc) is 2.39. The fraction of sp³-hybridized carbons (Fsp3) is 0.0625. The molecule has 0 saturated carbocycles. The minimum absolute atomic E-state index is 0.295. The summed E-state index contributed by atoms with van der Waals surface area (Å²) in [6, 6.07) is 15.6. The highest BCUT2D eigenvalue weighted by Crippen LogP contribution is 2.25. The summed E-state index contributed by atoms with van der Waals surface area (Å²) in [4.78, 5) is 4.42. The van der Waals surface area contributed by atoms with Gasteiger partial charge in [-0.3, -0.25) is 4.98 Å². The molecular weight excluding hydrogens is 222 g/mol. The van der Waals surface area contributed by atoms with Gasteiger partial charge in [0, 0.05) is 11.8 Å². The van der Waals surface area contributed by atoms with E-state index in [1.54, 1.807) is 12.1 Å². The van der Waals surface area contributed by atoms with E-state index in [1.807, 2.05) is 37.4 Å². The predicted molar refractivity (Wildman–Crippen MR) is 73.6 cm³/mol. The Labute approximate surface area is 106 Å². The highest BCUT2D eigenvalue weighted by atomic mass is 16.3. The number of aromatic hydroxyl groups is 1. The number of benzene rings is 2. The van der Waals surface area contributed by atoms with E-state index >= 15 is 0 Å². The van der Waals surface area contributed by atoms with Crippen LogP contribution in [0.2, 0.25) is 0 Å². The van der Waals surface area contributed by atoms with Gasteiger partial charge in [0.1, 0.15) is 5.75 Å². The molecule has 0 amide bonds. The van der Waals surface area contributed by atoms with Crippen LogP contribution in [-0.2, 0) is 0 Å². The van der Waals surface area contributed by atoms with Crippen LogP contribution in [0.3, 0.4) is 0 Å². The van der Waals surface area contributed by atoms with Crippen LogP contribution in [0.15, 0.2) is 54.7 Å². The molecule has 3 rings (SSSR count). The first-order valence-electron chi connectivity index (χ1n) is 5.88. The summed E-state index contributed by atoms with van der Waals surface area (Å²) in [5.41, 5.74) is 3.22. The lowest BCUT2D eigenvalue weighted by molar-refractivity contribution is 0.476. The van der Waals surface area contributed by atoms with Crippen molar-refractivity contribution in [3.8, 4) is 17.0 Å². The lowest BCUT2D eigenvalue weighted by atomic mass is 10.0. The third-order valence-electron chi connectivity index (χ3n) is 3.03. The number of rotatable bonds is 1. The second-order valence-corrected chi connectivity index (χ2v) is 4.47. The highest BCUT2D eigenvalue weighted by molar-refractivity contribution is 5.87. The van der Waals surface area contributed by atoms with E-state index in [9.17, 15) is 5.11 Å². The maximum absolute atomic E-state index is 9.43. The fourth-order valence-corrected chi connectivity index (χ4v) is 2.03. The number of hydrogen-bond acceptors (Lipinski definition) is 2. The molecule has 2 nitrogen and oxygen atoms in total. The Morgan fingerprint density at radius 2 is 1.67 bits per heavy atom. The van der Waals surface area contributed by atoms with Gasteiger partial charge >= 0.3 is 0 Å². The van der Waals surface area contributed by atoms with Crippen molar-refractivity contribution in [2.75, 3.05) is 0 Å². The van der Waals surface area contributed by atoms with Crippen molar-refractivity contribution in [2.24, 2.45) is 0 Å². The average molecular weight is 235 g/mol. The van der Waals surface area contributed by atoms with Gasteiger partial charge in [-0.05, 0) is 47.5 Å². The van der Waals surface area contributed by atoms with Gasteiger partial charge in [0.2, 0.25) is 0 Å². The Bertz CT molecular complexity index is 702. The second kappa shape index (κ2) is 4.15. The number of phenols is 1. The molecule has 0 spiro atoms. The summed E-state index contributed by atoms with van der Waals surface area (Å²) in [7, 11) is 0. The van der Waals surface area contributed by atoms with E-state index in [-0.39, 0.29) is 0 Å². The molecule has 1 N–H and O–H groups in total. The molecule has 0 radical (unpaired) electrons. The van der Waals surface area contributed by atoms with Gasteiger partial charge in [0.25, 0.3) is 0 Å². The quantitative estimate of drug-likeness (QED) is 0.693. The summed E-state index contributed by atoms with van der Waals surface area (Å²) in [5.74, 6) is 0.295. The van der Waals surface area contributed by atoms with Crippen molar-refractivity contribution in [3.63, 3.8) is 0 Å². The first kappa shape index (κ1) is 10.8. The van der Waals surface area contributed by atoms with Crippen molar-refractivity contribution < 1.29 is 5.11 Å². The van der Waals surface area contributed by atoms with Crippen LogP contribution in [-0.4, -0.2) is 10.1 Å². The van der Waals surface area contributed by atoms with E-state index < -0.39 is 0 Å². The van der Waals surface area contributed by atoms with Crippen molar-refractivity contribution >= 4 is 10.8 Å². The Hall–Kier alpha value is -2.35. The molecule has 0 aliphatic heterocycles. The summed E-state index contributed by atoms with van der Waals surface area (Å²) in [6.07, 6.45) is 1.87. The molecule has 0 aliphatic rings. The molecule has 0 saturated heterocycles. The Morgan fingerprint density at radius 1 is 0.889 bits per heavy atom. The third kappa shape index (κ3) is 1.93.